The first-order chi connectivity index (χ1) is 49.4. The highest BCUT2D eigenvalue weighted by molar-refractivity contribution is 5.06. The third-order valence-corrected chi connectivity index (χ3v) is 27.1. The maximum Gasteiger partial charge on any atom is 0.0653 e. The summed E-state index contributed by atoms with van der Waals surface area (Å²) in [6.07, 6.45) is 42.9. The molecule has 22 atom stereocenters. The van der Waals surface area contributed by atoms with Gasteiger partial charge in [-0.2, -0.15) is 0 Å². The molecule has 0 aliphatic heterocycles. The van der Waals surface area contributed by atoms with Crippen molar-refractivity contribution in [2.24, 2.45) is 128 Å². The van der Waals surface area contributed by atoms with Crippen LogP contribution in [-0.4, -0.2) is 101 Å². The Morgan fingerprint density at radius 2 is 0.832 bits per heavy atom. The number of hydrogen-bond acceptors (Lipinski definition) is 9. The van der Waals surface area contributed by atoms with Gasteiger partial charge in [0, 0.05) is 23.7 Å². The lowest BCUT2D eigenvalue weighted by Crippen LogP contribution is -2.39. The molecule has 9 rings (SSSR count). The van der Waals surface area contributed by atoms with E-state index in [2.05, 4.69) is 237 Å². The summed E-state index contributed by atoms with van der Waals surface area (Å²) in [7, 11) is 0. The minimum Gasteiger partial charge on any atom is -0.393 e. The van der Waals surface area contributed by atoms with Crippen LogP contribution in [0.15, 0.2) is 110 Å². The van der Waals surface area contributed by atoms with Crippen LogP contribution in [0.4, 0.5) is 0 Å². The molecule has 0 heterocycles. The Balaban J connectivity index is 0.000000602. The molecule has 107 heavy (non-hydrogen) atoms. The second-order valence-electron chi connectivity index (χ2n) is 40.8. The fourth-order valence-corrected chi connectivity index (χ4v) is 19.3. The molecule has 0 aromatic carbocycles. The molecule has 9 aliphatic carbocycles. The van der Waals surface area contributed by atoms with Crippen molar-refractivity contribution in [1.29, 1.82) is 0 Å². The van der Waals surface area contributed by atoms with Gasteiger partial charge in [-0.15, -0.1) is 32.9 Å². The van der Waals surface area contributed by atoms with Gasteiger partial charge in [-0.3, -0.25) is 0 Å². The van der Waals surface area contributed by atoms with Crippen LogP contribution >= 0.6 is 0 Å². The van der Waals surface area contributed by atoms with Gasteiger partial charge in [-0.1, -0.05) is 221 Å². The number of aliphatic hydroxyl groups excluding tert-OH is 9. The normalized spacial score (nSPS) is 38.3. The van der Waals surface area contributed by atoms with Gasteiger partial charge in [-0.05, 0) is 288 Å². The van der Waals surface area contributed by atoms with Gasteiger partial charge in [0.25, 0.3) is 0 Å². The van der Waals surface area contributed by atoms with Gasteiger partial charge < -0.3 is 46.0 Å². The molecule has 0 spiro atoms. The summed E-state index contributed by atoms with van der Waals surface area (Å²) in [5, 5.41) is 87.0. The second kappa shape index (κ2) is 48.5. The van der Waals surface area contributed by atoms with E-state index in [4.69, 9.17) is 0 Å². The van der Waals surface area contributed by atoms with E-state index >= 15 is 0 Å². The fourth-order valence-electron chi connectivity index (χ4n) is 19.3. The van der Waals surface area contributed by atoms with Crippen LogP contribution in [0.1, 0.15) is 328 Å². The molecule has 9 nitrogen and oxygen atoms in total. The SMILES string of the molecule is C=CC1C(O)CCCC1(C)C.C=CC1CC(C)(C)CCC1O.C=CC1CCC(C)(C)CC1O.C=CC1CCCC(C)(C)C1O.C=CC1CCCC(O)C1(C)C.CC(C)=CC1C(C)CC(O)CC1C.CC(C)=CC1CC(C)C(O)C(C)C1.CC(C)=CC1CC(C)C(O)CC1C.CC(C)=CC1CCC(O)C(C)C1C. The number of aliphatic hydroxyl groups is 9. The third kappa shape index (κ3) is 36.6. The number of allylic oxidation sites excluding steroid dienone is 9. The highest BCUT2D eigenvalue weighted by Crippen LogP contribution is 2.46. The maximum atomic E-state index is 9.83. The molecule has 0 aromatic rings. The third-order valence-electron chi connectivity index (χ3n) is 27.1. The van der Waals surface area contributed by atoms with Gasteiger partial charge in [-0.25, -0.2) is 0 Å². The number of rotatable bonds is 9. The summed E-state index contributed by atoms with van der Waals surface area (Å²) >= 11 is 0. The van der Waals surface area contributed by atoms with E-state index in [1.54, 1.807) is 0 Å². The molecule has 9 fully saturated rings. The van der Waals surface area contributed by atoms with E-state index in [1.807, 2.05) is 30.4 Å². The molecular formula is C98H178O9. The Morgan fingerprint density at radius 1 is 0.336 bits per heavy atom. The molecule has 624 valence electrons. The zero-order valence-corrected chi connectivity index (χ0v) is 74.5. The Morgan fingerprint density at radius 3 is 1.28 bits per heavy atom. The Hall–Kier alpha value is -2.70. The monoisotopic (exact) mass is 1500 g/mol. The van der Waals surface area contributed by atoms with Crippen molar-refractivity contribution in [3.63, 3.8) is 0 Å². The van der Waals surface area contributed by atoms with Crippen molar-refractivity contribution < 1.29 is 46.0 Å². The van der Waals surface area contributed by atoms with Gasteiger partial charge in [0.2, 0.25) is 0 Å². The van der Waals surface area contributed by atoms with Crippen LogP contribution in [0.25, 0.3) is 0 Å². The van der Waals surface area contributed by atoms with Crippen LogP contribution in [-0.2, 0) is 0 Å². The van der Waals surface area contributed by atoms with E-state index in [0.29, 0.717) is 106 Å². The first-order valence-electron chi connectivity index (χ1n) is 43.2. The molecule has 0 radical (unpaired) electrons. The highest BCUT2D eigenvalue weighted by Gasteiger charge is 2.41. The first-order valence-corrected chi connectivity index (χ1v) is 43.2. The molecule has 9 N–H and O–H groups in total. The average molecular weight is 1500 g/mol. The van der Waals surface area contributed by atoms with Crippen LogP contribution in [0.3, 0.4) is 0 Å². The van der Waals surface area contributed by atoms with Gasteiger partial charge in [0.1, 0.15) is 0 Å². The van der Waals surface area contributed by atoms with Crippen molar-refractivity contribution in [3.05, 3.63) is 110 Å². The van der Waals surface area contributed by atoms with Crippen LogP contribution in [0.5, 0.6) is 0 Å². The van der Waals surface area contributed by atoms with E-state index in [9.17, 15) is 46.0 Å². The predicted molar refractivity (Wildman–Crippen MR) is 463 cm³/mol. The van der Waals surface area contributed by atoms with Crippen molar-refractivity contribution in [2.75, 3.05) is 0 Å². The minimum absolute atomic E-state index is 0.0417. The van der Waals surface area contributed by atoms with Gasteiger partial charge in [0.15, 0.2) is 0 Å². The molecule has 0 aromatic heterocycles. The van der Waals surface area contributed by atoms with Crippen molar-refractivity contribution in [3.8, 4) is 0 Å². The lowest BCUT2D eigenvalue weighted by molar-refractivity contribution is -0.0154. The zero-order valence-electron chi connectivity index (χ0n) is 74.5. The molecule has 0 bridgehead atoms. The molecule has 9 heteroatoms. The summed E-state index contributed by atoms with van der Waals surface area (Å²) in [6.45, 7) is 75.6. The Bertz CT molecular complexity index is 2590. The van der Waals surface area contributed by atoms with E-state index in [0.717, 1.165) is 122 Å². The lowest BCUT2D eigenvalue weighted by atomic mass is 9.67. The van der Waals surface area contributed by atoms with Crippen molar-refractivity contribution >= 4 is 0 Å². The molecule has 22 unspecified atom stereocenters. The van der Waals surface area contributed by atoms with Gasteiger partial charge >= 0.3 is 0 Å². The van der Waals surface area contributed by atoms with Crippen LogP contribution in [0, 0.1) is 128 Å². The van der Waals surface area contributed by atoms with E-state index in [-0.39, 0.29) is 77.1 Å². The van der Waals surface area contributed by atoms with E-state index in [1.165, 1.54) is 48.0 Å². The summed E-state index contributed by atoms with van der Waals surface area (Å²) in [5.41, 5.74) is 6.73. The Kier molecular flexibility index (Phi) is 46.4. The maximum absolute atomic E-state index is 9.83. The average Bonchev–Trinajstić information content (AvgIpc) is 0.835. The first kappa shape index (κ1) is 102. The topological polar surface area (TPSA) is 182 Å². The standard InChI is InChI=1S/4C12H22O.5C10H18O/c1-8(2)5-11-6-10(4)12(13)7-9(11)3;1-8(2)5-12-9(3)6-11(13)7-10(12)4;1-8(2)5-11-6-9(3)12(13)10(4)7-11;1-8(2)7-11-5-6-12(13)10(4)9(11)3;1-4-8-7-10(2,3)6-5-9(8)11;1-4-8-5-6-10(2,3)7-9(8)11;1-4-8-9(11)6-5-7-10(8,2)3;1-4-8-6-5-7-10(2,3)9(8)11;1-4-8-6-5-7-9(11)10(8,2)3/h3*5,9-13H,6-7H2,1-4H3;7,9-13H,5-6H2,1-4H3;5*4,8-9,11H,1,5-7H2,2-3H3. The molecule has 0 saturated heterocycles. The van der Waals surface area contributed by atoms with Crippen molar-refractivity contribution in [2.45, 2.75) is 383 Å². The fraction of sp³-hybridized carbons (Fsp3) is 0.816. The predicted octanol–water partition coefficient (Wildman–Crippen LogP) is 23.8. The quantitative estimate of drug-likeness (QED) is 0.102. The van der Waals surface area contributed by atoms with E-state index < -0.39 is 0 Å². The summed E-state index contributed by atoms with van der Waals surface area (Å²) in [6, 6.07) is 0. The van der Waals surface area contributed by atoms with Crippen LogP contribution in [0.2, 0.25) is 0 Å². The largest absolute Gasteiger partial charge is 0.393 e. The summed E-state index contributed by atoms with van der Waals surface area (Å²) < 4.78 is 0. The number of hydrogen-bond donors (Lipinski definition) is 9. The Labute approximate surface area is 662 Å². The second-order valence-corrected chi connectivity index (χ2v) is 40.8. The smallest absolute Gasteiger partial charge is 0.0653 e. The molecular weight excluding hydrogens is 1320 g/mol. The molecule has 0 amide bonds. The van der Waals surface area contributed by atoms with Crippen molar-refractivity contribution in [1.82, 2.24) is 0 Å². The zero-order chi connectivity index (χ0) is 82.4. The summed E-state index contributed by atoms with van der Waals surface area (Å²) in [4.78, 5) is 0. The minimum atomic E-state index is -0.186. The highest BCUT2D eigenvalue weighted by atomic mass is 16.3. The lowest BCUT2D eigenvalue weighted by Gasteiger charge is -2.41. The van der Waals surface area contributed by atoms with Crippen LogP contribution < -0.4 is 0 Å². The molecule has 9 saturated carbocycles. The molecule has 9 aliphatic rings. The summed E-state index contributed by atoms with van der Waals surface area (Å²) in [5.74, 6) is 8.86. The van der Waals surface area contributed by atoms with Gasteiger partial charge in [0.05, 0.1) is 54.9 Å².